The lowest BCUT2D eigenvalue weighted by Crippen LogP contribution is -2.46. The zero-order valence-corrected chi connectivity index (χ0v) is 16.5. The summed E-state index contributed by atoms with van der Waals surface area (Å²) in [7, 11) is 0. The second-order valence-corrected chi connectivity index (χ2v) is 7.76. The van der Waals surface area contributed by atoms with Gasteiger partial charge in [-0.15, -0.1) is 11.8 Å². The summed E-state index contributed by atoms with van der Waals surface area (Å²) in [5.41, 5.74) is 0. The normalized spacial score (nSPS) is 20.4. The van der Waals surface area contributed by atoms with Crippen LogP contribution in [0.4, 0.5) is 0 Å². The number of amides is 1. The van der Waals surface area contributed by atoms with Gasteiger partial charge in [-0.1, -0.05) is 59.3 Å². The second kappa shape index (κ2) is 12.6. The molecule has 5 heteroatoms. The number of carbonyl (C=O) groups excluding carboxylic acids is 2. The third-order valence-electron chi connectivity index (χ3n) is 4.49. The summed E-state index contributed by atoms with van der Waals surface area (Å²) in [6, 6.07) is -0.385. The van der Waals surface area contributed by atoms with Crippen molar-refractivity contribution in [3.8, 4) is 0 Å². The number of thioether (sulfide) groups is 1. The summed E-state index contributed by atoms with van der Waals surface area (Å²) in [5, 5.41) is 0.126. The third-order valence-corrected chi connectivity index (χ3v) is 5.94. The first-order valence-corrected chi connectivity index (χ1v) is 10.8. The van der Waals surface area contributed by atoms with E-state index in [-0.39, 0.29) is 23.3 Å². The first-order chi connectivity index (χ1) is 11.7. The first-order valence-electron chi connectivity index (χ1n) is 9.75. The SMILES string of the molecule is CCCCCCCCC(=O)N1C(CC)SCC1C(=O)OCCCC. The van der Waals surface area contributed by atoms with Gasteiger partial charge in [0, 0.05) is 12.2 Å². The Bertz CT molecular complexity index is 376. The van der Waals surface area contributed by atoms with Crippen LogP contribution in [0.25, 0.3) is 0 Å². The molecule has 24 heavy (non-hydrogen) atoms. The fraction of sp³-hybridized carbons (Fsp3) is 0.895. The minimum absolute atomic E-state index is 0.125. The number of ether oxygens (including phenoxy) is 1. The number of nitrogens with zero attached hydrogens (tertiary/aromatic N) is 1. The van der Waals surface area contributed by atoms with Crippen LogP contribution in [-0.2, 0) is 14.3 Å². The van der Waals surface area contributed by atoms with Crippen molar-refractivity contribution >= 4 is 23.6 Å². The highest BCUT2D eigenvalue weighted by molar-refractivity contribution is 8.00. The molecule has 0 aliphatic carbocycles. The van der Waals surface area contributed by atoms with Crippen LogP contribution in [0, 0.1) is 0 Å². The highest BCUT2D eigenvalue weighted by atomic mass is 32.2. The average Bonchev–Trinajstić information content (AvgIpc) is 3.02. The van der Waals surface area contributed by atoms with Crippen LogP contribution in [0.15, 0.2) is 0 Å². The lowest BCUT2D eigenvalue weighted by atomic mass is 10.1. The van der Waals surface area contributed by atoms with Gasteiger partial charge in [-0.25, -0.2) is 4.79 Å². The maximum atomic E-state index is 12.7. The molecule has 1 heterocycles. The monoisotopic (exact) mass is 357 g/mol. The number of rotatable bonds is 12. The van der Waals surface area contributed by atoms with Crippen molar-refractivity contribution in [2.24, 2.45) is 0 Å². The molecule has 2 unspecified atom stereocenters. The predicted molar refractivity (Wildman–Crippen MR) is 101 cm³/mol. The highest BCUT2D eigenvalue weighted by Gasteiger charge is 2.41. The molecule has 0 N–H and O–H groups in total. The van der Waals surface area contributed by atoms with Gasteiger partial charge in [-0.3, -0.25) is 4.79 Å². The van der Waals surface area contributed by atoms with Gasteiger partial charge in [-0.2, -0.15) is 0 Å². The molecule has 0 radical (unpaired) electrons. The Hall–Kier alpha value is -0.710. The van der Waals surface area contributed by atoms with Crippen LogP contribution in [-0.4, -0.2) is 40.6 Å². The van der Waals surface area contributed by atoms with E-state index in [4.69, 9.17) is 4.74 Å². The molecule has 0 spiro atoms. The summed E-state index contributed by atoms with van der Waals surface area (Å²) < 4.78 is 5.36. The molecule has 0 aromatic heterocycles. The standard InChI is InChI=1S/C19H35NO3S/c1-4-7-9-10-11-12-13-17(21)20-16(15-24-18(20)6-3)19(22)23-14-8-5-2/h16,18H,4-15H2,1-3H3. The molecule has 2 atom stereocenters. The van der Waals surface area contributed by atoms with Crippen LogP contribution < -0.4 is 0 Å². The van der Waals surface area contributed by atoms with Crippen LogP contribution >= 0.6 is 11.8 Å². The van der Waals surface area contributed by atoms with Crippen molar-refractivity contribution in [3.63, 3.8) is 0 Å². The van der Waals surface area contributed by atoms with Crippen molar-refractivity contribution in [2.75, 3.05) is 12.4 Å². The van der Waals surface area contributed by atoms with Crippen LogP contribution in [0.5, 0.6) is 0 Å². The van der Waals surface area contributed by atoms with Gasteiger partial charge < -0.3 is 9.64 Å². The minimum Gasteiger partial charge on any atom is -0.464 e. The van der Waals surface area contributed by atoms with Crippen molar-refractivity contribution in [1.29, 1.82) is 0 Å². The number of hydrogen-bond donors (Lipinski definition) is 0. The molecule has 1 aliphatic rings. The van der Waals surface area contributed by atoms with Gasteiger partial charge in [0.25, 0.3) is 0 Å². The lowest BCUT2D eigenvalue weighted by Gasteiger charge is -2.27. The number of unbranched alkanes of at least 4 members (excludes halogenated alkanes) is 6. The van der Waals surface area contributed by atoms with Crippen molar-refractivity contribution < 1.29 is 14.3 Å². The smallest absolute Gasteiger partial charge is 0.329 e. The van der Waals surface area contributed by atoms with Gasteiger partial charge in [0.2, 0.25) is 5.91 Å². The number of esters is 1. The first kappa shape index (κ1) is 21.3. The quantitative estimate of drug-likeness (QED) is 0.373. The van der Waals surface area contributed by atoms with E-state index < -0.39 is 0 Å². The molecule has 0 saturated carbocycles. The van der Waals surface area contributed by atoms with Gasteiger partial charge >= 0.3 is 5.97 Å². The van der Waals surface area contributed by atoms with Crippen molar-refractivity contribution in [2.45, 2.75) is 96.4 Å². The fourth-order valence-corrected chi connectivity index (χ4v) is 4.35. The van der Waals surface area contributed by atoms with Crippen LogP contribution in [0.1, 0.15) is 85.0 Å². The predicted octanol–water partition coefficient (Wildman–Crippen LogP) is 4.76. The molecule has 0 aromatic carbocycles. The number of hydrogen-bond acceptors (Lipinski definition) is 4. The Morgan fingerprint density at radius 3 is 2.33 bits per heavy atom. The lowest BCUT2D eigenvalue weighted by molar-refractivity contribution is -0.154. The van der Waals surface area contributed by atoms with Crippen LogP contribution in [0.3, 0.4) is 0 Å². The zero-order chi connectivity index (χ0) is 17.8. The van der Waals surface area contributed by atoms with E-state index in [2.05, 4.69) is 20.8 Å². The Kier molecular flexibility index (Phi) is 11.2. The molecule has 1 aliphatic heterocycles. The summed E-state index contributed by atoms with van der Waals surface area (Å²) in [6.45, 7) is 6.82. The zero-order valence-electron chi connectivity index (χ0n) is 15.7. The molecule has 1 amide bonds. The van der Waals surface area contributed by atoms with E-state index in [9.17, 15) is 9.59 Å². The molecule has 0 bridgehead atoms. The van der Waals surface area contributed by atoms with Gasteiger partial charge in [0.15, 0.2) is 0 Å². The van der Waals surface area contributed by atoms with Gasteiger partial charge in [0.1, 0.15) is 6.04 Å². The van der Waals surface area contributed by atoms with E-state index in [1.807, 2.05) is 4.90 Å². The van der Waals surface area contributed by atoms with E-state index in [1.54, 1.807) is 11.8 Å². The topological polar surface area (TPSA) is 46.6 Å². The van der Waals surface area contributed by atoms with Gasteiger partial charge in [-0.05, 0) is 19.3 Å². The van der Waals surface area contributed by atoms with Crippen molar-refractivity contribution in [3.05, 3.63) is 0 Å². The molecule has 4 nitrogen and oxygen atoms in total. The third kappa shape index (κ3) is 7.04. The Morgan fingerprint density at radius 1 is 1.00 bits per heavy atom. The Balaban J connectivity index is 2.45. The minimum atomic E-state index is -0.385. The fourth-order valence-electron chi connectivity index (χ4n) is 2.99. The highest BCUT2D eigenvalue weighted by Crippen LogP contribution is 2.32. The van der Waals surface area contributed by atoms with Crippen molar-refractivity contribution in [1.82, 2.24) is 4.90 Å². The molecular formula is C19H35NO3S. The van der Waals surface area contributed by atoms with E-state index in [0.29, 0.717) is 18.8 Å². The van der Waals surface area contributed by atoms with Gasteiger partial charge in [0.05, 0.1) is 12.0 Å². The maximum Gasteiger partial charge on any atom is 0.329 e. The summed E-state index contributed by atoms with van der Waals surface area (Å²) in [6.07, 6.45) is 10.3. The second-order valence-electron chi connectivity index (χ2n) is 6.55. The van der Waals surface area contributed by atoms with E-state index >= 15 is 0 Å². The van der Waals surface area contributed by atoms with Crippen LogP contribution in [0.2, 0.25) is 0 Å². The molecule has 1 saturated heterocycles. The molecule has 1 rings (SSSR count). The summed E-state index contributed by atoms with van der Waals surface area (Å²) in [4.78, 5) is 26.8. The molecule has 1 fully saturated rings. The summed E-state index contributed by atoms with van der Waals surface area (Å²) in [5.74, 6) is 0.578. The van der Waals surface area contributed by atoms with E-state index in [1.165, 1.54) is 25.7 Å². The summed E-state index contributed by atoms with van der Waals surface area (Å²) >= 11 is 1.71. The number of carbonyl (C=O) groups is 2. The largest absolute Gasteiger partial charge is 0.464 e. The molecule has 0 aromatic rings. The molecular weight excluding hydrogens is 322 g/mol. The Labute approximate surface area is 152 Å². The van der Waals surface area contributed by atoms with E-state index in [0.717, 1.165) is 32.1 Å². The average molecular weight is 358 g/mol. The molecule has 140 valence electrons. The Morgan fingerprint density at radius 2 is 1.67 bits per heavy atom. The maximum absolute atomic E-state index is 12.7.